The molecule has 0 spiro atoms. The van der Waals surface area contributed by atoms with Gasteiger partial charge in [0.1, 0.15) is 0 Å². The first-order valence-corrected chi connectivity index (χ1v) is 6.79. The van der Waals surface area contributed by atoms with E-state index in [-0.39, 0.29) is 5.41 Å². The molecule has 0 saturated carbocycles. The molecule has 2 rings (SSSR count). The number of thiophene rings is 1. The highest BCUT2D eigenvalue weighted by molar-refractivity contribution is 7.17. The Balaban J connectivity index is 2.28. The molecule has 0 unspecified atom stereocenters. The monoisotopic (exact) mass is 248 g/mol. The van der Waals surface area contributed by atoms with Gasteiger partial charge in [-0.2, -0.15) is 0 Å². The van der Waals surface area contributed by atoms with Crippen molar-refractivity contribution >= 4 is 27.1 Å². The molecule has 0 amide bonds. The summed E-state index contributed by atoms with van der Waals surface area (Å²) in [6, 6.07) is 8.55. The van der Waals surface area contributed by atoms with Crippen LogP contribution < -0.4 is 10.6 Å². The Morgan fingerprint density at radius 2 is 2.00 bits per heavy atom. The van der Waals surface area contributed by atoms with E-state index in [1.807, 2.05) is 0 Å². The van der Waals surface area contributed by atoms with Gasteiger partial charge in [0.15, 0.2) is 0 Å². The largest absolute Gasteiger partial charge is 0.373 e. The van der Waals surface area contributed by atoms with Gasteiger partial charge in [-0.05, 0) is 18.0 Å². The van der Waals surface area contributed by atoms with Gasteiger partial charge in [-0.3, -0.25) is 0 Å². The number of hydrogen-bond donors (Lipinski definition) is 1. The van der Waals surface area contributed by atoms with Crippen LogP contribution in [0.1, 0.15) is 13.8 Å². The van der Waals surface area contributed by atoms with Gasteiger partial charge in [0.25, 0.3) is 0 Å². The van der Waals surface area contributed by atoms with E-state index in [0.717, 1.165) is 6.54 Å². The molecule has 1 aromatic heterocycles. The highest BCUT2D eigenvalue weighted by Crippen LogP contribution is 2.33. The standard InChI is InChI=1S/C14H20N2S/c1-14(2,9-15)10-16(3)12-8-17-13-7-5-4-6-11(12)13/h4-8H,9-10,15H2,1-3H3. The lowest BCUT2D eigenvalue weighted by Crippen LogP contribution is -2.36. The highest BCUT2D eigenvalue weighted by atomic mass is 32.1. The summed E-state index contributed by atoms with van der Waals surface area (Å²) in [5.41, 5.74) is 7.26. The first-order chi connectivity index (χ1) is 8.03. The molecule has 0 fully saturated rings. The highest BCUT2D eigenvalue weighted by Gasteiger charge is 2.19. The molecule has 0 radical (unpaired) electrons. The average molecular weight is 248 g/mol. The molecule has 0 aliphatic rings. The minimum Gasteiger partial charge on any atom is -0.373 e. The minimum absolute atomic E-state index is 0.151. The van der Waals surface area contributed by atoms with Crippen LogP contribution in [0, 0.1) is 5.41 Å². The van der Waals surface area contributed by atoms with Crippen LogP contribution in [0.4, 0.5) is 5.69 Å². The SMILES string of the molecule is CN(CC(C)(C)CN)c1csc2ccccc12. The fourth-order valence-corrected chi connectivity index (χ4v) is 3.05. The normalized spacial score (nSPS) is 12.0. The molecule has 17 heavy (non-hydrogen) atoms. The maximum Gasteiger partial charge on any atom is 0.0552 e. The van der Waals surface area contributed by atoms with Crippen LogP contribution in [-0.2, 0) is 0 Å². The van der Waals surface area contributed by atoms with Crippen molar-refractivity contribution in [1.82, 2.24) is 0 Å². The van der Waals surface area contributed by atoms with Crippen LogP contribution in [0.25, 0.3) is 10.1 Å². The second-order valence-corrected chi connectivity index (χ2v) is 6.25. The number of fused-ring (bicyclic) bond motifs is 1. The van der Waals surface area contributed by atoms with Gasteiger partial charge < -0.3 is 10.6 Å². The molecule has 2 aromatic rings. The molecule has 2 nitrogen and oxygen atoms in total. The molecule has 2 N–H and O–H groups in total. The quantitative estimate of drug-likeness (QED) is 0.899. The first kappa shape index (κ1) is 12.4. The molecule has 0 aliphatic heterocycles. The predicted molar refractivity (Wildman–Crippen MR) is 77.9 cm³/mol. The van der Waals surface area contributed by atoms with Gasteiger partial charge in [0.05, 0.1) is 5.69 Å². The minimum atomic E-state index is 0.151. The van der Waals surface area contributed by atoms with Crippen LogP contribution in [0.2, 0.25) is 0 Å². The Hall–Kier alpha value is -1.06. The third-order valence-electron chi connectivity index (χ3n) is 3.09. The van der Waals surface area contributed by atoms with Crippen LogP contribution in [0.5, 0.6) is 0 Å². The Bertz CT molecular complexity index is 502. The summed E-state index contributed by atoms with van der Waals surface area (Å²) in [5.74, 6) is 0. The van der Waals surface area contributed by atoms with E-state index in [4.69, 9.17) is 5.73 Å². The van der Waals surface area contributed by atoms with Crippen molar-refractivity contribution in [3.63, 3.8) is 0 Å². The van der Waals surface area contributed by atoms with Crippen molar-refractivity contribution in [2.45, 2.75) is 13.8 Å². The second kappa shape index (κ2) is 4.67. The van der Waals surface area contributed by atoms with Crippen molar-refractivity contribution in [1.29, 1.82) is 0 Å². The number of benzene rings is 1. The van der Waals surface area contributed by atoms with Crippen molar-refractivity contribution < 1.29 is 0 Å². The number of hydrogen-bond acceptors (Lipinski definition) is 3. The number of anilines is 1. The van der Waals surface area contributed by atoms with E-state index in [9.17, 15) is 0 Å². The molecule has 3 heteroatoms. The summed E-state index contributed by atoms with van der Waals surface area (Å²) >= 11 is 1.80. The predicted octanol–water partition coefficient (Wildman–Crippen LogP) is 3.32. The lowest BCUT2D eigenvalue weighted by atomic mass is 9.93. The molecular weight excluding hydrogens is 228 g/mol. The summed E-state index contributed by atoms with van der Waals surface area (Å²) in [5, 5.41) is 3.57. The molecule has 92 valence electrons. The zero-order valence-corrected chi connectivity index (χ0v) is 11.6. The molecule has 0 bridgehead atoms. The fourth-order valence-electron chi connectivity index (χ4n) is 2.05. The van der Waals surface area contributed by atoms with Gasteiger partial charge >= 0.3 is 0 Å². The Kier molecular flexibility index (Phi) is 3.40. The van der Waals surface area contributed by atoms with Crippen molar-refractivity contribution in [3.8, 4) is 0 Å². The molecule has 0 atom stereocenters. The third kappa shape index (κ3) is 2.61. The number of nitrogens with two attached hydrogens (primary N) is 1. The third-order valence-corrected chi connectivity index (χ3v) is 4.04. The molecule has 0 saturated heterocycles. The van der Waals surface area contributed by atoms with Crippen molar-refractivity contribution in [2.24, 2.45) is 11.1 Å². The van der Waals surface area contributed by atoms with Crippen LogP contribution in [-0.4, -0.2) is 20.1 Å². The zero-order chi connectivity index (χ0) is 12.5. The molecule has 1 aromatic carbocycles. The van der Waals surface area contributed by atoms with E-state index in [1.54, 1.807) is 11.3 Å². The maximum absolute atomic E-state index is 5.80. The maximum atomic E-state index is 5.80. The summed E-state index contributed by atoms with van der Waals surface area (Å²) in [6.45, 7) is 6.10. The number of rotatable bonds is 4. The van der Waals surface area contributed by atoms with Gasteiger partial charge in [0, 0.05) is 29.1 Å². The average Bonchev–Trinajstić information content (AvgIpc) is 2.72. The summed E-state index contributed by atoms with van der Waals surface area (Å²) in [7, 11) is 2.14. The topological polar surface area (TPSA) is 29.3 Å². The Labute approximate surface area is 107 Å². The lowest BCUT2D eigenvalue weighted by Gasteiger charge is -2.30. The molecule has 1 heterocycles. The molecular formula is C14H20N2S. The van der Waals surface area contributed by atoms with E-state index in [2.05, 4.69) is 55.4 Å². The number of nitrogens with zero attached hydrogens (tertiary/aromatic N) is 1. The van der Waals surface area contributed by atoms with E-state index >= 15 is 0 Å². The summed E-state index contributed by atoms with van der Waals surface area (Å²) < 4.78 is 1.35. The van der Waals surface area contributed by atoms with Gasteiger partial charge in [-0.25, -0.2) is 0 Å². The summed E-state index contributed by atoms with van der Waals surface area (Å²) in [4.78, 5) is 2.31. The van der Waals surface area contributed by atoms with Gasteiger partial charge in [0.2, 0.25) is 0 Å². The van der Waals surface area contributed by atoms with Crippen LogP contribution in [0.3, 0.4) is 0 Å². The van der Waals surface area contributed by atoms with Crippen LogP contribution >= 0.6 is 11.3 Å². The molecule has 0 aliphatic carbocycles. The van der Waals surface area contributed by atoms with E-state index in [0.29, 0.717) is 6.54 Å². The second-order valence-electron chi connectivity index (χ2n) is 5.34. The van der Waals surface area contributed by atoms with Gasteiger partial charge in [-0.1, -0.05) is 32.0 Å². The van der Waals surface area contributed by atoms with Gasteiger partial charge in [-0.15, -0.1) is 11.3 Å². The lowest BCUT2D eigenvalue weighted by molar-refractivity contribution is 0.385. The first-order valence-electron chi connectivity index (χ1n) is 5.91. The Morgan fingerprint density at radius 3 is 2.71 bits per heavy atom. The van der Waals surface area contributed by atoms with Crippen molar-refractivity contribution in [2.75, 3.05) is 25.0 Å². The Morgan fingerprint density at radius 1 is 1.29 bits per heavy atom. The smallest absolute Gasteiger partial charge is 0.0552 e. The zero-order valence-electron chi connectivity index (χ0n) is 10.7. The van der Waals surface area contributed by atoms with E-state index < -0.39 is 0 Å². The van der Waals surface area contributed by atoms with Crippen LogP contribution in [0.15, 0.2) is 29.6 Å². The van der Waals surface area contributed by atoms with E-state index in [1.165, 1.54) is 15.8 Å². The summed E-state index contributed by atoms with van der Waals surface area (Å²) in [6.07, 6.45) is 0. The van der Waals surface area contributed by atoms with Crippen molar-refractivity contribution in [3.05, 3.63) is 29.6 Å². The fraction of sp³-hybridized carbons (Fsp3) is 0.429.